The van der Waals surface area contributed by atoms with Gasteiger partial charge in [-0.15, -0.1) is 0 Å². The van der Waals surface area contributed by atoms with Gasteiger partial charge in [-0.05, 0) is 42.9 Å². The lowest BCUT2D eigenvalue weighted by Gasteiger charge is -2.25. The maximum atomic E-state index is 13.1. The van der Waals surface area contributed by atoms with Crippen molar-refractivity contribution >= 4 is 21.6 Å². The smallest absolute Gasteiger partial charge is 0.382 e. The first-order valence-corrected chi connectivity index (χ1v) is 8.02. The first-order valence-electron chi connectivity index (χ1n) is 7.23. The van der Waals surface area contributed by atoms with E-state index in [1.807, 2.05) is 0 Å². The lowest BCUT2D eigenvalue weighted by Crippen LogP contribution is -2.25. The molecule has 0 saturated carbocycles. The summed E-state index contributed by atoms with van der Waals surface area (Å²) in [5.41, 5.74) is -0.452. The Morgan fingerprint density at radius 3 is 2.00 bits per heavy atom. The van der Waals surface area contributed by atoms with E-state index in [0.29, 0.717) is 16.3 Å². The van der Waals surface area contributed by atoms with Crippen LogP contribution < -0.4 is 5.32 Å². The van der Waals surface area contributed by atoms with Gasteiger partial charge in [-0.25, -0.2) is 0 Å². The molecular weight excluding hydrogens is 343 g/mol. The molecule has 1 rings (SSSR count). The summed E-state index contributed by atoms with van der Waals surface area (Å²) in [5, 5.41) is 3.10. The molecule has 0 aliphatic heterocycles. The molecule has 21 heavy (non-hydrogen) atoms. The van der Waals surface area contributed by atoms with Crippen LogP contribution in [-0.2, 0) is 6.18 Å². The van der Waals surface area contributed by atoms with E-state index < -0.39 is 11.7 Å². The molecule has 1 nitrogen and oxygen atoms in total. The Hall–Kier alpha value is -0.710. The van der Waals surface area contributed by atoms with Gasteiger partial charge in [0.2, 0.25) is 0 Å². The number of halogens is 4. The Morgan fingerprint density at radius 2 is 1.57 bits per heavy atom. The maximum Gasteiger partial charge on any atom is 0.418 e. The Kier molecular flexibility index (Phi) is 6.57. The van der Waals surface area contributed by atoms with Crippen LogP contribution in [0.1, 0.15) is 46.1 Å². The first kappa shape index (κ1) is 18.3. The highest BCUT2D eigenvalue weighted by atomic mass is 79.9. The van der Waals surface area contributed by atoms with Gasteiger partial charge in [0, 0.05) is 16.2 Å². The molecule has 0 heterocycles. The molecule has 0 aliphatic carbocycles. The van der Waals surface area contributed by atoms with Crippen LogP contribution in [-0.4, -0.2) is 6.04 Å². The van der Waals surface area contributed by atoms with Crippen molar-refractivity contribution in [1.29, 1.82) is 0 Å². The van der Waals surface area contributed by atoms with Crippen molar-refractivity contribution in [2.75, 3.05) is 5.32 Å². The topological polar surface area (TPSA) is 12.0 Å². The van der Waals surface area contributed by atoms with E-state index in [9.17, 15) is 13.2 Å². The monoisotopic (exact) mass is 365 g/mol. The molecule has 0 unspecified atom stereocenters. The van der Waals surface area contributed by atoms with Crippen molar-refractivity contribution in [2.45, 2.75) is 52.8 Å². The second-order valence-corrected chi connectivity index (χ2v) is 7.20. The summed E-state index contributed by atoms with van der Waals surface area (Å²) in [6.45, 7) is 8.34. The number of rotatable bonds is 6. The predicted molar refractivity (Wildman–Crippen MR) is 85.5 cm³/mol. The fourth-order valence-electron chi connectivity index (χ4n) is 2.45. The minimum Gasteiger partial charge on any atom is -0.382 e. The molecule has 120 valence electrons. The largest absolute Gasteiger partial charge is 0.418 e. The van der Waals surface area contributed by atoms with Crippen LogP contribution in [0.5, 0.6) is 0 Å². The average molecular weight is 366 g/mol. The van der Waals surface area contributed by atoms with Crippen LogP contribution in [0.25, 0.3) is 0 Å². The van der Waals surface area contributed by atoms with E-state index in [1.54, 1.807) is 6.07 Å². The molecule has 0 fully saturated rings. The Balaban J connectivity index is 3.02. The number of benzene rings is 1. The van der Waals surface area contributed by atoms with Crippen molar-refractivity contribution < 1.29 is 13.2 Å². The minimum atomic E-state index is -4.35. The summed E-state index contributed by atoms with van der Waals surface area (Å²) >= 11 is 3.11. The van der Waals surface area contributed by atoms with Crippen LogP contribution >= 0.6 is 15.9 Å². The van der Waals surface area contributed by atoms with Gasteiger partial charge in [-0.3, -0.25) is 0 Å². The van der Waals surface area contributed by atoms with Crippen LogP contribution in [0.4, 0.5) is 18.9 Å². The van der Waals surface area contributed by atoms with Crippen molar-refractivity contribution in [1.82, 2.24) is 0 Å². The molecule has 1 aromatic rings. The zero-order chi connectivity index (χ0) is 16.2. The van der Waals surface area contributed by atoms with Gasteiger partial charge in [0.05, 0.1) is 5.56 Å². The predicted octanol–water partition coefficient (Wildman–Crippen LogP) is 6.34. The highest BCUT2D eigenvalue weighted by Crippen LogP contribution is 2.37. The van der Waals surface area contributed by atoms with Gasteiger partial charge in [-0.2, -0.15) is 13.2 Å². The highest BCUT2D eigenvalue weighted by Gasteiger charge is 2.34. The molecule has 1 N–H and O–H groups in total. The van der Waals surface area contributed by atoms with E-state index in [1.165, 1.54) is 6.07 Å². The molecule has 0 radical (unpaired) electrons. The number of nitrogens with one attached hydrogen (secondary N) is 1. The lowest BCUT2D eigenvalue weighted by molar-refractivity contribution is -0.137. The zero-order valence-corrected chi connectivity index (χ0v) is 14.5. The lowest BCUT2D eigenvalue weighted by atomic mass is 9.95. The Morgan fingerprint density at radius 1 is 1.05 bits per heavy atom. The van der Waals surface area contributed by atoms with Crippen molar-refractivity contribution in [3.05, 3.63) is 28.2 Å². The van der Waals surface area contributed by atoms with Gasteiger partial charge < -0.3 is 5.32 Å². The summed E-state index contributed by atoms with van der Waals surface area (Å²) in [7, 11) is 0. The zero-order valence-electron chi connectivity index (χ0n) is 12.9. The average Bonchev–Trinajstić information content (AvgIpc) is 2.28. The van der Waals surface area contributed by atoms with E-state index in [0.717, 1.165) is 18.9 Å². The third-order valence-electron chi connectivity index (χ3n) is 3.16. The third-order valence-corrected chi connectivity index (χ3v) is 3.65. The van der Waals surface area contributed by atoms with Gasteiger partial charge in [0.1, 0.15) is 0 Å². The van der Waals surface area contributed by atoms with Gasteiger partial charge >= 0.3 is 6.18 Å². The molecule has 0 saturated heterocycles. The SMILES string of the molecule is CC(C)CC(CC(C)C)Nc1ccc(Br)cc1C(F)(F)F. The molecular formula is C16H23BrF3N. The van der Waals surface area contributed by atoms with Crippen LogP contribution in [0.2, 0.25) is 0 Å². The molecule has 1 aromatic carbocycles. The summed E-state index contributed by atoms with van der Waals surface area (Å²) < 4.78 is 39.9. The second kappa shape index (κ2) is 7.52. The van der Waals surface area contributed by atoms with Gasteiger partial charge in [0.25, 0.3) is 0 Å². The normalized spacial score (nSPS) is 12.5. The fraction of sp³-hybridized carbons (Fsp3) is 0.625. The van der Waals surface area contributed by atoms with Gasteiger partial charge in [0.15, 0.2) is 0 Å². The van der Waals surface area contributed by atoms with Crippen LogP contribution in [0.3, 0.4) is 0 Å². The number of anilines is 1. The second-order valence-electron chi connectivity index (χ2n) is 6.29. The molecule has 5 heteroatoms. The van der Waals surface area contributed by atoms with Crippen molar-refractivity contribution in [3.8, 4) is 0 Å². The fourth-order valence-corrected chi connectivity index (χ4v) is 2.81. The van der Waals surface area contributed by atoms with Crippen molar-refractivity contribution in [3.63, 3.8) is 0 Å². The third kappa shape index (κ3) is 6.29. The van der Waals surface area contributed by atoms with E-state index in [2.05, 4.69) is 48.9 Å². The molecule has 0 amide bonds. The Bertz CT molecular complexity index is 445. The number of hydrogen-bond donors (Lipinski definition) is 1. The summed E-state index contributed by atoms with van der Waals surface area (Å²) in [6, 6.07) is 4.32. The number of alkyl halides is 3. The minimum absolute atomic E-state index is 0.0484. The summed E-state index contributed by atoms with van der Waals surface area (Å²) in [6.07, 6.45) is -2.65. The van der Waals surface area contributed by atoms with E-state index >= 15 is 0 Å². The molecule has 0 spiro atoms. The standard InChI is InChI=1S/C16H23BrF3N/c1-10(2)7-13(8-11(3)4)21-15-6-5-12(17)9-14(15)16(18,19)20/h5-6,9-11,13,21H,7-8H2,1-4H3. The molecule has 0 bridgehead atoms. The molecule has 0 atom stereocenters. The summed E-state index contributed by atoms with van der Waals surface area (Å²) in [4.78, 5) is 0. The summed E-state index contributed by atoms with van der Waals surface area (Å²) in [5.74, 6) is 0.872. The highest BCUT2D eigenvalue weighted by molar-refractivity contribution is 9.10. The molecule has 0 aliphatic rings. The quantitative estimate of drug-likeness (QED) is 0.619. The van der Waals surface area contributed by atoms with Gasteiger partial charge in [-0.1, -0.05) is 43.6 Å². The first-order chi connectivity index (χ1) is 9.59. The van der Waals surface area contributed by atoms with Crippen LogP contribution in [0, 0.1) is 11.8 Å². The van der Waals surface area contributed by atoms with Crippen LogP contribution in [0.15, 0.2) is 22.7 Å². The Labute approximate surface area is 133 Å². The van der Waals surface area contributed by atoms with E-state index in [-0.39, 0.29) is 11.7 Å². The maximum absolute atomic E-state index is 13.1. The molecule has 0 aromatic heterocycles. The van der Waals surface area contributed by atoms with E-state index in [4.69, 9.17) is 0 Å². The van der Waals surface area contributed by atoms with Crippen molar-refractivity contribution in [2.24, 2.45) is 11.8 Å². The number of hydrogen-bond acceptors (Lipinski definition) is 1.